The molecular formula is C70H55BN2. The number of hydrogen-bond acceptors (Lipinski definition) is 2. The first kappa shape index (κ1) is 42.5. The zero-order chi connectivity index (χ0) is 49.1. The van der Waals surface area contributed by atoms with Gasteiger partial charge in [0.15, 0.2) is 0 Å². The lowest BCUT2D eigenvalue weighted by Gasteiger charge is -2.44. The van der Waals surface area contributed by atoms with Crippen molar-refractivity contribution in [1.82, 2.24) is 0 Å². The molecular weight excluding hydrogens is 880 g/mol. The normalized spacial score (nSPS) is 16.4. The van der Waals surface area contributed by atoms with E-state index in [0.29, 0.717) is 5.92 Å². The van der Waals surface area contributed by atoms with Crippen LogP contribution in [0.1, 0.15) is 75.6 Å². The first-order chi connectivity index (χ1) is 35.5. The van der Waals surface area contributed by atoms with Crippen LogP contribution in [0.3, 0.4) is 0 Å². The molecule has 3 heteroatoms. The van der Waals surface area contributed by atoms with Gasteiger partial charge < -0.3 is 9.80 Å². The van der Waals surface area contributed by atoms with Crippen LogP contribution in [0.5, 0.6) is 0 Å². The van der Waals surface area contributed by atoms with Crippen molar-refractivity contribution < 1.29 is 0 Å². The third kappa shape index (κ3) is 6.24. The summed E-state index contributed by atoms with van der Waals surface area (Å²) in [5, 5.41) is 12.8. The minimum atomic E-state index is -0.0281. The highest BCUT2D eigenvalue weighted by molar-refractivity contribution is 7.00. The molecule has 2 aliphatic carbocycles. The molecule has 0 bridgehead atoms. The van der Waals surface area contributed by atoms with Gasteiger partial charge in [-0.25, -0.2) is 0 Å². The molecule has 0 aromatic heterocycles. The average molecular weight is 935 g/mol. The summed E-state index contributed by atoms with van der Waals surface area (Å²) in [6.45, 7) is 13.9. The fourth-order valence-corrected chi connectivity index (χ4v) is 13.4. The van der Waals surface area contributed by atoms with E-state index in [4.69, 9.17) is 0 Å². The number of fused-ring (bicyclic) bond motifs is 18. The third-order valence-corrected chi connectivity index (χ3v) is 17.0. The first-order valence-electron chi connectivity index (χ1n) is 26.3. The molecule has 0 fully saturated rings. The van der Waals surface area contributed by atoms with Crippen molar-refractivity contribution in [3.63, 3.8) is 0 Å². The molecule has 0 amide bonds. The maximum absolute atomic E-state index is 2.61. The molecule has 2 atom stereocenters. The topological polar surface area (TPSA) is 6.48 Å². The molecule has 0 radical (unpaired) electrons. The van der Waals surface area contributed by atoms with Crippen LogP contribution in [0.4, 0.5) is 34.1 Å². The standard InChI is InChI=1S/C70H55BN2/c1-69(2,3)46-28-26-42-38-66-62(36-44(42)34-46)71-63-37-45-35-47(70(4,5)6)29-27-43(45)39-67(63)73(49-31-33-59-55-21-10-8-17-51(55)53-19-12-14-23-57(53)61(59)41-49)65-25-15-24-64(68(65)71)72(66)48-30-32-58-54-20-9-7-16-50(54)52-18-11-13-22-56(52)60(58)40-48/h7-41,52,56H,1-6H3. The van der Waals surface area contributed by atoms with E-state index < -0.39 is 0 Å². The van der Waals surface area contributed by atoms with Gasteiger partial charge in [0.05, 0.1) is 0 Å². The van der Waals surface area contributed by atoms with E-state index in [0.717, 1.165) is 5.69 Å². The molecule has 11 aromatic rings. The summed E-state index contributed by atoms with van der Waals surface area (Å²) in [6.07, 6.45) is 9.31. The van der Waals surface area contributed by atoms with Crippen LogP contribution in [-0.2, 0) is 10.8 Å². The summed E-state index contributed by atoms with van der Waals surface area (Å²) in [5.74, 6) is 0.543. The molecule has 2 unspecified atom stereocenters. The fraction of sp³-hybridized carbons (Fsp3) is 0.143. The molecule has 348 valence electrons. The molecule has 0 spiro atoms. The summed E-state index contributed by atoms with van der Waals surface area (Å²) in [6, 6.07) is 73.0. The van der Waals surface area contributed by atoms with Crippen molar-refractivity contribution in [2.45, 2.75) is 64.2 Å². The number of rotatable bonds is 2. The van der Waals surface area contributed by atoms with Crippen molar-refractivity contribution in [2.75, 3.05) is 9.80 Å². The molecule has 0 N–H and O–H groups in total. The van der Waals surface area contributed by atoms with Crippen molar-refractivity contribution >= 4 is 111 Å². The van der Waals surface area contributed by atoms with E-state index in [1.165, 1.54) is 132 Å². The van der Waals surface area contributed by atoms with Gasteiger partial charge in [0.1, 0.15) is 0 Å². The van der Waals surface area contributed by atoms with Crippen molar-refractivity contribution in [3.05, 3.63) is 235 Å². The quantitative estimate of drug-likeness (QED) is 0.126. The Morgan fingerprint density at radius 1 is 0.356 bits per heavy atom. The lowest BCUT2D eigenvalue weighted by Crippen LogP contribution is -2.61. The van der Waals surface area contributed by atoms with E-state index in [2.05, 4.69) is 264 Å². The summed E-state index contributed by atoms with van der Waals surface area (Å²) in [7, 11) is 0. The summed E-state index contributed by atoms with van der Waals surface area (Å²) in [5.41, 5.74) is 19.5. The zero-order valence-electron chi connectivity index (χ0n) is 42.3. The fourth-order valence-electron chi connectivity index (χ4n) is 13.4. The van der Waals surface area contributed by atoms with Gasteiger partial charge >= 0.3 is 0 Å². The van der Waals surface area contributed by atoms with Crippen LogP contribution in [0.2, 0.25) is 0 Å². The van der Waals surface area contributed by atoms with Crippen LogP contribution < -0.4 is 26.2 Å². The molecule has 0 saturated carbocycles. The SMILES string of the molecule is CC(C)(C)c1ccc2cc3c(cc2c1)B1c2cc4cc(C(C)(C)C)ccc4cc2N(c2ccc4c5ccccc5c5ccccc5c4c2)c2cccc(c21)N3c1ccc2c(c1)C1C=CC=CC1c1ccccc1-2. The highest BCUT2D eigenvalue weighted by Crippen LogP contribution is 2.53. The Kier molecular flexibility index (Phi) is 8.86. The largest absolute Gasteiger partial charge is 0.311 e. The molecule has 15 rings (SSSR count). The predicted octanol–water partition coefficient (Wildman–Crippen LogP) is 17.1. The Balaban J connectivity index is 1.03. The third-order valence-electron chi connectivity index (χ3n) is 17.0. The van der Waals surface area contributed by atoms with Crippen LogP contribution in [-0.4, -0.2) is 6.71 Å². The smallest absolute Gasteiger partial charge is 0.252 e. The predicted molar refractivity (Wildman–Crippen MR) is 315 cm³/mol. The first-order valence-corrected chi connectivity index (χ1v) is 26.3. The minimum Gasteiger partial charge on any atom is -0.311 e. The lowest BCUT2D eigenvalue weighted by molar-refractivity contribution is 0.591. The van der Waals surface area contributed by atoms with Crippen LogP contribution >= 0.6 is 0 Å². The second kappa shape index (κ2) is 15.2. The molecule has 2 aliphatic heterocycles. The highest BCUT2D eigenvalue weighted by Gasteiger charge is 2.44. The lowest BCUT2D eigenvalue weighted by atomic mass is 9.33. The summed E-state index contributed by atoms with van der Waals surface area (Å²) >= 11 is 0. The highest BCUT2D eigenvalue weighted by atomic mass is 15.2. The number of allylic oxidation sites excluding steroid dienone is 4. The minimum absolute atomic E-state index is 0.0102. The molecule has 2 heterocycles. The second-order valence-corrected chi connectivity index (χ2v) is 23.3. The van der Waals surface area contributed by atoms with Crippen molar-refractivity contribution in [3.8, 4) is 11.1 Å². The number of hydrogen-bond donors (Lipinski definition) is 0. The molecule has 4 aliphatic rings. The van der Waals surface area contributed by atoms with Gasteiger partial charge in [0.2, 0.25) is 0 Å². The Bertz CT molecular complexity index is 4240. The van der Waals surface area contributed by atoms with Crippen LogP contribution in [0, 0.1) is 0 Å². The Labute approximate surface area is 428 Å². The summed E-state index contributed by atoms with van der Waals surface area (Å²) in [4.78, 5) is 5.21. The number of anilines is 6. The van der Waals surface area contributed by atoms with Gasteiger partial charge in [-0.15, -0.1) is 0 Å². The molecule has 0 saturated heterocycles. The average Bonchev–Trinajstić information content (AvgIpc) is 3.42. The maximum Gasteiger partial charge on any atom is 0.252 e. The summed E-state index contributed by atoms with van der Waals surface area (Å²) < 4.78 is 0. The van der Waals surface area contributed by atoms with Crippen molar-refractivity contribution in [2.24, 2.45) is 0 Å². The van der Waals surface area contributed by atoms with Gasteiger partial charge in [-0.1, -0.05) is 205 Å². The second-order valence-electron chi connectivity index (χ2n) is 23.3. The Hall–Kier alpha value is -8.14. The Morgan fingerprint density at radius 3 is 1.41 bits per heavy atom. The van der Waals surface area contributed by atoms with Gasteiger partial charge in [-0.05, 0) is 163 Å². The van der Waals surface area contributed by atoms with E-state index in [1.54, 1.807) is 0 Å². The number of nitrogens with zero attached hydrogens (tertiary/aromatic N) is 2. The Morgan fingerprint density at radius 2 is 0.836 bits per heavy atom. The zero-order valence-corrected chi connectivity index (χ0v) is 42.3. The van der Waals surface area contributed by atoms with E-state index in [-0.39, 0.29) is 23.5 Å². The van der Waals surface area contributed by atoms with Crippen LogP contribution in [0.25, 0.3) is 65.0 Å². The van der Waals surface area contributed by atoms with E-state index >= 15 is 0 Å². The van der Waals surface area contributed by atoms with Gasteiger partial charge in [-0.2, -0.15) is 0 Å². The molecule has 11 aromatic carbocycles. The maximum atomic E-state index is 2.61. The van der Waals surface area contributed by atoms with Gasteiger partial charge in [-0.3, -0.25) is 0 Å². The van der Waals surface area contributed by atoms with E-state index in [1.807, 2.05) is 0 Å². The molecule has 2 nitrogen and oxygen atoms in total. The van der Waals surface area contributed by atoms with E-state index in [9.17, 15) is 0 Å². The number of benzene rings is 11. The van der Waals surface area contributed by atoms with Gasteiger partial charge in [0.25, 0.3) is 6.71 Å². The van der Waals surface area contributed by atoms with Crippen molar-refractivity contribution in [1.29, 1.82) is 0 Å². The van der Waals surface area contributed by atoms with Gasteiger partial charge in [0, 0.05) is 46.0 Å². The monoisotopic (exact) mass is 934 g/mol. The van der Waals surface area contributed by atoms with Crippen LogP contribution in [0.15, 0.2) is 212 Å². The molecule has 73 heavy (non-hydrogen) atoms.